The summed E-state index contributed by atoms with van der Waals surface area (Å²) in [6.07, 6.45) is 1.70. The molecule has 0 amide bonds. The maximum atomic E-state index is 5.34. The Hall–Kier alpha value is -1.06. The summed E-state index contributed by atoms with van der Waals surface area (Å²) in [5.41, 5.74) is 1.26. The summed E-state index contributed by atoms with van der Waals surface area (Å²) in [5.74, 6) is 0.968. The first-order chi connectivity index (χ1) is 7.75. The van der Waals surface area contributed by atoms with Crippen LogP contribution < -0.4 is 5.32 Å². The van der Waals surface area contributed by atoms with Crippen molar-refractivity contribution in [2.24, 2.45) is 0 Å². The van der Waals surface area contributed by atoms with Gasteiger partial charge in [-0.05, 0) is 36.8 Å². The van der Waals surface area contributed by atoms with Crippen LogP contribution in [0.4, 0.5) is 0 Å². The predicted molar refractivity (Wildman–Crippen MR) is 68.1 cm³/mol. The predicted octanol–water partition coefficient (Wildman–Crippen LogP) is 3.89. The zero-order valence-electron chi connectivity index (χ0n) is 9.11. The zero-order chi connectivity index (χ0) is 11.4. The Kier molecular flexibility index (Phi) is 3.80. The Bertz CT molecular complexity index is 439. The zero-order valence-corrected chi connectivity index (χ0v) is 10.7. The van der Waals surface area contributed by atoms with Crippen molar-refractivity contribution in [1.29, 1.82) is 0 Å². The standard InChI is InChI=1S/C13H14BrNO/c1-10(13-6-3-7-16-13)15-9-11-4-2-5-12(14)8-11/h2-8,10,15H,9H2,1H3/t10-/m0/s1. The molecule has 0 saturated carbocycles. The van der Waals surface area contributed by atoms with Gasteiger partial charge in [-0.3, -0.25) is 0 Å². The van der Waals surface area contributed by atoms with E-state index in [0.717, 1.165) is 16.8 Å². The Morgan fingerprint density at radius 1 is 1.31 bits per heavy atom. The lowest BCUT2D eigenvalue weighted by Crippen LogP contribution is -2.17. The Labute approximate surface area is 104 Å². The molecule has 3 heteroatoms. The molecule has 0 aliphatic rings. The van der Waals surface area contributed by atoms with Gasteiger partial charge in [0.2, 0.25) is 0 Å². The number of benzene rings is 1. The van der Waals surface area contributed by atoms with E-state index < -0.39 is 0 Å². The van der Waals surface area contributed by atoms with E-state index in [1.807, 2.05) is 24.3 Å². The van der Waals surface area contributed by atoms with Crippen LogP contribution in [0.3, 0.4) is 0 Å². The van der Waals surface area contributed by atoms with Crippen molar-refractivity contribution in [3.63, 3.8) is 0 Å². The minimum Gasteiger partial charge on any atom is -0.468 e. The Morgan fingerprint density at radius 2 is 2.19 bits per heavy atom. The minimum absolute atomic E-state index is 0.231. The van der Waals surface area contributed by atoms with Crippen LogP contribution >= 0.6 is 15.9 Å². The van der Waals surface area contributed by atoms with Gasteiger partial charge in [-0.25, -0.2) is 0 Å². The second kappa shape index (κ2) is 5.32. The third-order valence-corrected chi connectivity index (χ3v) is 2.96. The third kappa shape index (κ3) is 2.97. The number of hydrogen-bond acceptors (Lipinski definition) is 2. The van der Waals surface area contributed by atoms with E-state index in [4.69, 9.17) is 4.42 Å². The van der Waals surface area contributed by atoms with Gasteiger partial charge in [-0.15, -0.1) is 0 Å². The number of furan rings is 1. The molecule has 1 atom stereocenters. The molecule has 0 radical (unpaired) electrons. The van der Waals surface area contributed by atoms with Crippen LogP contribution in [0.5, 0.6) is 0 Å². The van der Waals surface area contributed by atoms with Gasteiger partial charge < -0.3 is 9.73 Å². The molecule has 0 aliphatic carbocycles. The van der Waals surface area contributed by atoms with Crippen LogP contribution in [0.15, 0.2) is 51.6 Å². The lowest BCUT2D eigenvalue weighted by atomic mass is 10.2. The molecule has 1 N–H and O–H groups in total. The van der Waals surface area contributed by atoms with Crippen LogP contribution in [0, 0.1) is 0 Å². The average Bonchev–Trinajstić information content (AvgIpc) is 2.79. The topological polar surface area (TPSA) is 25.2 Å². The van der Waals surface area contributed by atoms with E-state index in [9.17, 15) is 0 Å². The van der Waals surface area contributed by atoms with E-state index in [0.29, 0.717) is 0 Å². The fourth-order valence-corrected chi connectivity index (χ4v) is 2.00. The van der Waals surface area contributed by atoms with E-state index >= 15 is 0 Å². The molecule has 0 bridgehead atoms. The maximum Gasteiger partial charge on any atom is 0.120 e. The first-order valence-electron chi connectivity index (χ1n) is 5.27. The highest BCUT2D eigenvalue weighted by Gasteiger charge is 2.06. The van der Waals surface area contributed by atoms with Gasteiger partial charge in [0.1, 0.15) is 5.76 Å². The normalized spacial score (nSPS) is 12.6. The molecule has 2 aromatic rings. The first-order valence-corrected chi connectivity index (χ1v) is 6.06. The smallest absolute Gasteiger partial charge is 0.120 e. The van der Waals surface area contributed by atoms with Gasteiger partial charge >= 0.3 is 0 Å². The molecule has 0 aliphatic heterocycles. The van der Waals surface area contributed by atoms with Crippen molar-refractivity contribution in [1.82, 2.24) is 5.32 Å². The summed E-state index contributed by atoms with van der Waals surface area (Å²) in [6.45, 7) is 2.93. The molecular weight excluding hydrogens is 266 g/mol. The number of nitrogens with one attached hydrogen (secondary N) is 1. The lowest BCUT2D eigenvalue weighted by Gasteiger charge is -2.11. The SMILES string of the molecule is C[C@H](NCc1cccc(Br)c1)c1ccco1. The minimum atomic E-state index is 0.231. The Balaban J connectivity index is 1.92. The van der Waals surface area contributed by atoms with Crippen LogP contribution in [0.1, 0.15) is 24.3 Å². The summed E-state index contributed by atoms with van der Waals surface area (Å²) in [4.78, 5) is 0. The van der Waals surface area contributed by atoms with Crippen LogP contribution in [0.2, 0.25) is 0 Å². The van der Waals surface area contributed by atoms with Gasteiger partial charge in [0.25, 0.3) is 0 Å². The largest absolute Gasteiger partial charge is 0.468 e. The van der Waals surface area contributed by atoms with Crippen molar-refractivity contribution in [3.8, 4) is 0 Å². The summed E-state index contributed by atoms with van der Waals surface area (Å²) >= 11 is 3.46. The summed E-state index contributed by atoms with van der Waals surface area (Å²) < 4.78 is 6.44. The second-order valence-corrected chi connectivity index (χ2v) is 4.66. The number of halogens is 1. The van der Waals surface area contributed by atoms with Crippen LogP contribution in [-0.2, 0) is 6.54 Å². The van der Waals surface area contributed by atoms with Crippen molar-refractivity contribution >= 4 is 15.9 Å². The van der Waals surface area contributed by atoms with Crippen molar-refractivity contribution < 1.29 is 4.42 Å². The third-order valence-electron chi connectivity index (χ3n) is 2.47. The molecular formula is C13H14BrNO. The molecule has 2 nitrogen and oxygen atoms in total. The molecule has 0 unspecified atom stereocenters. The average molecular weight is 280 g/mol. The molecule has 1 aromatic heterocycles. The first kappa shape index (κ1) is 11.4. The molecule has 2 rings (SSSR count). The number of hydrogen-bond donors (Lipinski definition) is 1. The number of rotatable bonds is 4. The van der Waals surface area contributed by atoms with E-state index in [2.05, 4.69) is 40.3 Å². The highest BCUT2D eigenvalue weighted by Crippen LogP contribution is 2.15. The lowest BCUT2D eigenvalue weighted by molar-refractivity contribution is 0.430. The van der Waals surface area contributed by atoms with Gasteiger partial charge in [-0.2, -0.15) is 0 Å². The second-order valence-electron chi connectivity index (χ2n) is 3.75. The van der Waals surface area contributed by atoms with Crippen LogP contribution in [-0.4, -0.2) is 0 Å². The van der Waals surface area contributed by atoms with Crippen molar-refractivity contribution in [3.05, 3.63) is 58.5 Å². The van der Waals surface area contributed by atoms with Gasteiger partial charge in [0, 0.05) is 11.0 Å². The molecule has 0 fully saturated rings. The van der Waals surface area contributed by atoms with Gasteiger partial charge in [0.05, 0.1) is 12.3 Å². The summed E-state index contributed by atoms with van der Waals surface area (Å²) in [7, 11) is 0. The summed E-state index contributed by atoms with van der Waals surface area (Å²) in [5, 5.41) is 3.41. The fraction of sp³-hybridized carbons (Fsp3) is 0.231. The highest BCUT2D eigenvalue weighted by molar-refractivity contribution is 9.10. The van der Waals surface area contributed by atoms with Crippen molar-refractivity contribution in [2.45, 2.75) is 19.5 Å². The molecule has 0 spiro atoms. The van der Waals surface area contributed by atoms with E-state index in [-0.39, 0.29) is 6.04 Å². The summed E-state index contributed by atoms with van der Waals surface area (Å²) in [6, 6.07) is 12.4. The van der Waals surface area contributed by atoms with Crippen LogP contribution in [0.25, 0.3) is 0 Å². The fourth-order valence-electron chi connectivity index (χ4n) is 1.56. The Morgan fingerprint density at radius 3 is 2.88 bits per heavy atom. The van der Waals surface area contributed by atoms with Gasteiger partial charge in [0.15, 0.2) is 0 Å². The quantitative estimate of drug-likeness (QED) is 0.919. The highest BCUT2D eigenvalue weighted by atomic mass is 79.9. The van der Waals surface area contributed by atoms with Crippen molar-refractivity contribution in [2.75, 3.05) is 0 Å². The maximum absolute atomic E-state index is 5.34. The van der Waals surface area contributed by atoms with E-state index in [1.54, 1.807) is 6.26 Å². The molecule has 1 heterocycles. The molecule has 84 valence electrons. The molecule has 1 aromatic carbocycles. The monoisotopic (exact) mass is 279 g/mol. The van der Waals surface area contributed by atoms with Gasteiger partial charge in [-0.1, -0.05) is 28.1 Å². The van der Waals surface area contributed by atoms with E-state index in [1.165, 1.54) is 5.56 Å². The molecule has 16 heavy (non-hydrogen) atoms. The molecule has 0 saturated heterocycles.